The van der Waals surface area contributed by atoms with Crippen molar-refractivity contribution in [3.05, 3.63) is 0 Å². The summed E-state index contributed by atoms with van der Waals surface area (Å²) in [6.07, 6.45) is 1.43. The molecule has 0 heterocycles. The van der Waals surface area contributed by atoms with Crippen LogP contribution >= 0.6 is 0 Å². The Morgan fingerprint density at radius 3 is 2.44 bits per heavy atom. The monoisotopic (exact) mass is 251 g/mol. The zero-order valence-corrected chi connectivity index (χ0v) is 10.9. The minimum atomic E-state index is -3.25. The van der Waals surface area contributed by atoms with E-state index in [1.165, 1.54) is 14.1 Å². The molecular weight excluding hydrogens is 230 g/mol. The fourth-order valence-corrected chi connectivity index (χ4v) is 1.78. The molecule has 6 nitrogen and oxygen atoms in total. The first-order valence-corrected chi connectivity index (χ1v) is 6.85. The normalized spacial score (nSPS) is 13.8. The van der Waals surface area contributed by atoms with E-state index in [0.29, 0.717) is 6.42 Å². The van der Waals surface area contributed by atoms with Crippen LogP contribution in [-0.2, 0) is 14.8 Å². The number of hydrogen-bond acceptors (Lipinski definition) is 4. The summed E-state index contributed by atoms with van der Waals surface area (Å²) in [5.74, 6) is -0.402. The third kappa shape index (κ3) is 5.43. The summed E-state index contributed by atoms with van der Waals surface area (Å²) >= 11 is 0. The number of nitrogens with one attached hydrogen (secondary N) is 1. The van der Waals surface area contributed by atoms with Gasteiger partial charge in [-0.05, 0) is 6.42 Å². The van der Waals surface area contributed by atoms with Gasteiger partial charge in [0.1, 0.15) is 0 Å². The zero-order chi connectivity index (χ0) is 12.8. The first kappa shape index (κ1) is 15.3. The molecule has 0 saturated carbocycles. The van der Waals surface area contributed by atoms with Gasteiger partial charge in [0, 0.05) is 20.6 Å². The van der Waals surface area contributed by atoms with Crippen molar-refractivity contribution in [2.24, 2.45) is 5.73 Å². The highest BCUT2D eigenvalue weighted by atomic mass is 32.2. The average molecular weight is 251 g/mol. The number of carbonyl (C=O) groups is 1. The van der Waals surface area contributed by atoms with Gasteiger partial charge in [0.25, 0.3) is 0 Å². The molecule has 0 saturated heterocycles. The zero-order valence-electron chi connectivity index (χ0n) is 10.1. The van der Waals surface area contributed by atoms with Crippen LogP contribution in [0.5, 0.6) is 0 Å². The maximum Gasteiger partial charge on any atom is 0.236 e. The van der Waals surface area contributed by atoms with E-state index in [2.05, 4.69) is 5.32 Å². The van der Waals surface area contributed by atoms with E-state index in [9.17, 15) is 13.2 Å². The van der Waals surface area contributed by atoms with Gasteiger partial charge in [-0.3, -0.25) is 4.79 Å². The van der Waals surface area contributed by atoms with Crippen LogP contribution in [0.25, 0.3) is 0 Å². The highest BCUT2D eigenvalue weighted by Crippen LogP contribution is 1.94. The molecule has 0 aliphatic rings. The van der Waals surface area contributed by atoms with Crippen molar-refractivity contribution in [3.8, 4) is 0 Å². The molecule has 0 rings (SSSR count). The topological polar surface area (TPSA) is 92.5 Å². The van der Waals surface area contributed by atoms with Crippen molar-refractivity contribution in [3.63, 3.8) is 0 Å². The molecule has 1 amide bonds. The molecule has 0 aliphatic carbocycles. The lowest BCUT2D eigenvalue weighted by atomic mass is 10.2. The Hall–Kier alpha value is -0.660. The largest absolute Gasteiger partial charge is 0.354 e. The highest BCUT2D eigenvalue weighted by Gasteiger charge is 2.15. The first-order valence-electron chi connectivity index (χ1n) is 5.24. The Morgan fingerprint density at radius 2 is 2.00 bits per heavy atom. The number of sulfonamides is 1. The lowest BCUT2D eigenvalue weighted by molar-refractivity contribution is -0.122. The summed E-state index contributed by atoms with van der Waals surface area (Å²) in [4.78, 5) is 11.3. The van der Waals surface area contributed by atoms with E-state index >= 15 is 0 Å². The van der Waals surface area contributed by atoms with Gasteiger partial charge in [0.05, 0.1) is 11.8 Å². The highest BCUT2D eigenvalue weighted by molar-refractivity contribution is 7.89. The standard InChI is InChI=1S/C9H21N3O3S/c1-4-5-8(10)9(13)11-6-7-16(14,15)12(2)3/h8H,4-7,10H2,1-3H3,(H,11,13)/t8-/m1/s1. The van der Waals surface area contributed by atoms with Gasteiger partial charge < -0.3 is 11.1 Å². The Bertz CT molecular complexity index is 314. The fourth-order valence-electron chi connectivity index (χ4n) is 1.06. The molecule has 0 spiro atoms. The molecular formula is C9H21N3O3S. The van der Waals surface area contributed by atoms with Crippen molar-refractivity contribution in [2.45, 2.75) is 25.8 Å². The number of nitrogens with two attached hydrogens (primary N) is 1. The van der Waals surface area contributed by atoms with Gasteiger partial charge in [-0.25, -0.2) is 12.7 Å². The third-order valence-electron chi connectivity index (χ3n) is 2.15. The summed E-state index contributed by atoms with van der Waals surface area (Å²) in [7, 11) is -0.337. The number of nitrogens with zero attached hydrogens (tertiary/aromatic N) is 1. The second-order valence-electron chi connectivity index (χ2n) is 3.78. The van der Waals surface area contributed by atoms with Gasteiger partial charge in [-0.2, -0.15) is 0 Å². The van der Waals surface area contributed by atoms with E-state index in [4.69, 9.17) is 5.73 Å². The van der Waals surface area contributed by atoms with Gasteiger partial charge in [0.2, 0.25) is 15.9 Å². The van der Waals surface area contributed by atoms with Crippen LogP contribution in [0.2, 0.25) is 0 Å². The lowest BCUT2D eigenvalue weighted by Gasteiger charge is -2.13. The van der Waals surface area contributed by atoms with Crippen molar-refractivity contribution in [2.75, 3.05) is 26.4 Å². The van der Waals surface area contributed by atoms with E-state index in [0.717, 1.165) is 10.7 Å². The van der Waals surface area contributed by atoms with E-state index < -0.39 is 16.1 Å². The molecule has 96 valence electrons. The van der Waals surface area contributed by atoms with Crippen LogP contribution in [0.3, 0.4) is 0 Å². The molecule has 1 atom stereocenters. The van der Waals surface area contributed by atoms with Crippen molar-refractivity contribution >= 4 is 15.9 Å². The minimum Gasteiger partial charge on any atom is -0.354 e. The quantitative estimate of drug-likeness (QED) is 0.614. The van der Waals surface area contributed by atoms with E-state index in [1.807, 2.05) is 6.92 Å². The maximum atomic E-state index is 11.4. The van der Waals surface area contributed by atoms with Crippen molar-refractivity contribution in [1.82, 2.24) is 9.62 Å². The van der Waals surface area contributed by atoms with Crippen LogP contribution in [0, 0.1) is 0 Å². The predicted octanol–water partition coefficient (Wildman–Crippen LogP) is -0.879. The van der Waals surface area contributed by atoms with Crippen LogP contribution in [0.4, 0.5) is 0 Å². The number of rotatable bonds is 7. The number of carbonyl (C=O) groups excluding carboxylic acids is 1. The first-order chi connectivity index (χ1) is 7.31. The predicted molar refractivity (Wildman–Crippen MR) is 63.4 cm³/mol. The summed E-state index contributed by atoms with van der Waals surface area (Å²) in [5.41, 5.74) is 5.57. The Labute approximate surface area is 97.2 Å². The lowest BCUT2D eigenvalue weighted by Crippen LogP contribution is -2.43. The molecule has 0 bridgehead atoms. The van der Waals surface area contributed by atoms with Crippen LogP contribution in [-0.4, -0.2) is 51.1 Å². The molecule has 0 aromatic carbocycles. The number of amides is 1. The summed E-state index contributed by atoms with van der Waals surface area (Å²) in [6.45, 7) is 2.03. The van der Waals surface area contributed by atoms with E-state index in [1.54, 1.807) is 0 Å². The minimum absolute atomic E-state index is 0.0940. The van der Waals surface area contributed by atoms with Gasteiger partial charge in [0.15, 0.2) is 0 Å². The molecule has 16 heavy (non-hydrogen) atoms. The summed E-state index contributed by atoms with van der Waals surface area (Å²) < 4.78 is 23.8. The molecule has 0 fully saturated rings. The van der Waals surface area contributed by atoms with Gasteiger partial charge >= 0.3 is 0 Å². The number of hydrogen-bond donors (Lipinski definition) is 2. The molecule has 7 heteroatoms. The third-order valence-corrected chi connectivity index (χ3v) is 3.98. The molecule has 0 aromatic rings. The van der Waals surface area contributed by atoms with E-state index in [-0.39, 0.29) is 18.2 Å². The molecule has 0 aliphatic heterocycles. The second-order valence-corrected chi connectivity index (χ2v) is 6.09. The molecule has 0 aromatic heterocycles. The Balaban J connectivity index is 3.96. The summed E-state index contributed by atoms with van der Waals surface area (Å²) in [5, 5.41) is 2.51. The Morgan fingerprint density at radius 1 is 1.44 bits per heavy atom. The smallest absolute Gasteiger partial charge is 0.236 e. The molecule has 0 radical (unpaired) electrons. The van der Waals surface area contributed by atoms with Crippen molar-refractivity contribution in [1.29, 1.82) is 0 Å². The Kier molecular flexibility index (Phi) is 6.54. The average Bonchev–Trinajstić information content (AvgIpc) is 2.17. The second kappa shape index (κ2) is 6.82. The van der Waals surface area contributed by atoms with Crippen LogP contribution in [0.1, 0.15) is 19.8 Å². The maximum absolute atomic E-state index is 11.4. The van der Waals surface area contributed by atoms with Crippen LogP contribution in [0.15, 0.2) is 0 Å². The SMILES string of the molecule is CCC[C@@H](N)C(=O)NCCS(=O)(=O)N(C)C. The van der Waals surface area contributed by atoms with Gasteiger partial charge in [-0.15, -0.1) is 0 Å². The molecule has 0 unspecified atom stereocenters. The molecule has 3 N–H and O–H groups in total. The van der Waals surface area contributed by atoms with Gasteiger partial charge in [-0.1, -0.05) is 13.3 Å². The summed E-state index contributed by atoms with van der Waals surface area (Å²) in [6, 6.07) is -0.549. The van der Waals surface area contributed by atoms with Crippen LogP contribution < -0.4 is 11.1 Å². The van der Waals surface area contributed by atoms with Crippen molar-refractivity contribution < 1.29 is 13.2 Å². The fraction of sp³-hybridized carbons (Fsp3) is 0.889.